The third-order valence-electron chi connectivity index (χ3n) is 5.93. The second-order valence-electron chi connectivity index (χ2n) is 10.5. The fourth-order valence-corrected chi connectivity index (χ4v) is 5.04. The zero-order chi connectivity index (χ0) is 33.0. The number of ether oxygens (including phenoxy) is 1. The van der Waals surface area contributed by atoms with Crippen LogP contribution in [0.15, 0.2) is 63.8 Å². The predicted molar refractivity (Wildman–Crippen MR) is 143 cm³/mol. The van der Waals surface area contributed by atoms with Crippen LogP contribution in [0, 0.1) is 0 Å². The minimum atomic E-state index is -5.57. The average molecular weight is 676 g/mol. The number of benzene rings is 2. The molecule has 44 heavy (non-hydrogen) atoms. The lowest BCUT2D eigenvalue weighted by Crippen LogP contribution is -2.54. The van der Waals surface area contributed by atoms with Crippen molar-refractivity contribution in [3.05, 3.63) is 75.0 Å². The molecule has 2 aromatic rings. The molecule has 0 spiro atoms. The van der Waals surface area contributed by atoms with Gasteiger partial charge in [-0.2, -0.15) is 44.9 Å². The first-order valence-corrected chi connectivity index (χ1v) is 13.0. The van der Waals surface area contributed by atoms with E-state index >= 15 is 0 Å². The van der Waals surface area contributed by atoms with Crippen LogP contribution < -0.4 is 15.8 Å². The summed E-state index contributed by atoms with van der Waals surface area (Å²) < 4.78 is 131. The average Bonchev–Trinajstić information content (AvgIpc) is 3.13. The van der Waals surface area contributed by atoms with Crippen LogP contribution in [-0.4, -0.2) is 41.3 Å². The van der Waals surface area contributed by atoms with Crippen LogP contribution in [0.4, 0.5) is 50.0 Å². The number of hydrazine groups is 1. The third kappa shape index (κ3) is 6.91. The molecule has 0 saturated carbocycles. The van der Waals surface area contributed by atoms with Crippen LogP contribution in [0.5, 0.6) is 0 Å². The molecule has 18 heteroatoms. The number of amidine groups is 1. The largest absolute Gasteiger partial charge is 0.451 e. The summed E-state index contributed by atoms with van der Waals surface area (Å²) in [4.78, 5) is 19.2. The zero-order valence-electron chi connectivity index (χ0n) is 22.6. The van der Waals surface area contributed by atoms with Crippen molar-refractivity contribution >= 4 is 46.5 Å². The Hall–Kier alpha value is -3.50. The maximum absolute atomic E-state index is 14.5. The summed E-state index contributed by atoms with van der Waals surface area (Å²) in [6, 6.07) is 8.03. The Morgan fingerprint density at radius 1 is 0.932 bits per heavy atom. The fraction of sp³-hybridized carbons (Fsp3) is 0.346. The standard InChI is InChI=1S/C26H20Cl2F9N5O2/c1-22(2,3)44-21(43)39-19-16-18(25(32,33)34)38-20(26(35,36)37)40-23(16,11-12-7-5-4-6-8-12)41-42(19)17-14(27)9-13(10-15(17)28)24(29,30)31/h4-10,41H,11H2,1-3H3,(H,39,43). The van der Waals surface area contributed by atoms with Crippen molar-refractivity contribution in [1.82, 2.24) is 10.7 Å². The molecule has 0 fully saturated rings. The lowest BCUT2D eigenvalue weighted by Gasteiger charge is -2.34. The molecule has 2 aliphatic rings. The number of nitrogens with one attached hydrogen (secondary N) is 2. The SMILES string of the molecule is CC(C)(C)OC(=O)NC1=C2C(C(F)(F)F)=NC(C(F)(F)F)=NC2(Cc2ccccc2)NN1c1c(Cl)cc(C(F)(F)F)cc1Cl. The van der Waals surface area contributed by atoms with E-state index in [1.54, 1.807) is 0 Å². The molecule has 1 unspecified atom stereocenters. The van der Waals surface area contributed by atoms with Gasteiger partial charge in [-0.1, -0.05) is 53.5 Å². The van der Waals surface area contributed by atoms with E-state index in [9.17, 15) is 44.3 Å². The molecule has 2 aliphatic heterocycles. The smallest absolute Gasteiger partial charge is 0.444 e. The summed E-state index contributed by atoms with van der Waals surface area (Å²) in [5.41, 5.74) is -6.54. The number of aliphatic imine (C=N–C) groups is 2. The van der Waals surface area contributed by atoms with Gasteiger partial charge in [-0.25, -0.2) is 14.8 Å². The minimum absolute atomic E-state index is 0.175. The highest BCUT2D eigenvalue weighted by molar-refractivity contribution is 6.39. The Morgan fingerprint density at radius 3 is 1.98 bits per heavy atom. The number of alkyl halides is 9. The van der Waals surface area contributed by atoms with E-state index in [0.717, 1.165) is 0 Å². The van der Waals surface area contributed by atoms with Gasteiger partial charge in [0.05, 0.1) is 26.9 Å². The van der Waals surface area contributed by atoms with Gasteiger partial charge in [0.2, 0.25) is 5.84 Å². The third-order valence-corrected chi connectivity index (χ3v) is 6.51. The van der Waals surface area contributed by atoms with Gasteiger partial charge in [0.25, 0.3) is 0 Å². The lowest BCUT2D eigenvalue weighted by molar-refractivity contribution is -0.137. The van der Waals surface area contributed by atoms with Crippen molar-refractivity contribution in [2.24, 2.45) is 9.98 Å². The van der Waals surface area contributed by atoms with Gasteiger partial charge in [-0.05, 0) is 38.5 Å². The Morgan fingerprint density at radius 2 is 1.50 bits per heavy atom. The quantitative estimate of drug-likeness (QED) is 0.322. The Kier molecular flexibility index (Phi) is 8.45. The Labute approximate surface area is 253 Å². The van der Waals surface area contributed by atoms with E-state index in [1.807, 2.05) is 0 Å². The second kappa shape index (κ2) is 11.1. The number of hydrogen-bond donors (Lipinski definition) is 2. The number of fused-ring (bicyclic) bond motifs is 1. The highest BCUT2D eigenvalue weighted by atomic mass is 35.5. The first-order valence-electron chi connectivity index (χ1n) is 12.3. The molecular weight excluding hydrogens is 656 g/mol. The molecule has 0 aromatic heterocycles. The van der Waals surface area contributed by atoms with Gasteiger partial charge in [0.1, 0.15) is 11.4 Å². The molecule has 0 radical (unpaired) electrons. The molecule has 0 saturated heterocycles. The number of hydrogen-bond acceptors (Lipinski definition) is 6. The molecule has 238 valence electrons. The molecule has 7 nitrogen and oxygen atoms in total. The van der Waals surface area contributed by atoms with E-state index in [1.165, 1.54) is 51.1 Å². The monoisotopic (exact) mass is 675 g/mol. The van der Waals surface area contributed by atoms with Crippen LogP contribution >= 0.6 is 23.2 Å². The van der Waals surface area contributed by atoms with Gasteiger partial charge in [0.15, 0.2) is 11.4 Å². The maximum atomic E-state index is 14.5. The van der Waals surface area contributed by atoms with E-state index < -0.39 is 86.5 Å². The van der Waals surface area contributed by atoms with Crippen LogP contribution in [-0.2, 0) is 17.3 Å². The molecular formula is C26H20Cl2F9N5O2. The highest BCUT2D eigenvalue weighted by Gasteiger charge is 2.59. The van der Waals surface area contributed by atoms with Crippen molar-refractivity contribution in [3.8, 4) is 0 Å². The van der Waals surface area contributed by atoms with Crippen LogP contribution in [0.3, 0.4) is 0 Å². The normalized spacial score (nSPS) is 19.5. The number of alkyl carbamates (subject to hydrolysis) is 1. The molecule has 2 aromatic carbocycles. The topological polar surface area (TPSA) is 78.3 Å². The summed E-state index contributed by atoms with van der Waals surface area (Å²) in [5, 5.41) is 1.00. The predicted octanol–water partition coefficient (Wildman–Crippen LogP) is 7.99. The van der Waals surface area contributed by atoms with Gasteiger partial charge >= 0.3 is 24.6 Å². The van der Waals surface area contributed by atoms with Gasteiger partial charge in [-0.3, -0.25) is 10.3 Å². The molecule has 4 rings (SSSR count). The number of rotatable bonds is 4. The van der Waals surface area contributed by atoms with Crippen LogP contribution in [0.1, 0.15) is 31.9 Å². The fourth-order valence-electron chi connectivity index (χ4n) is 4.38. The second-order valence-corrected chi connectivity index (χ2v) is 11.3. The van der Waals surface area contributed by atoms with Crippen LogP contribution in [0.25, 0.3) is 0 Å². The molecule has 0 bridgehead atoms. The molecule has 1 atom stereocenters. The molecule has 2 N–H and O–H groups in total. The lowest BCUT2D eigenvalue weighted by atomic mass is 9.88. The van der Waals surface area contributed by atoms with Crippen molar-refractivity contribution < 1.29 is 49.0 Å². The van der Waals surface area contributed by atoms with Crippen molar-refractivity contribution in [2.45, 2.75) is 57.0 Å². The Bertz CT molecular complexity index is 1540. The number of carbonyl (C=O) groups is 1. The minimum Gasteiger partial charge on any atom is -0.444 e. The van der Waals surface area contributed by atoms with Crippen molar-refractivity contribution in [2.75, 3.05) is 5.01 Å². The molecule has 2 heterocycles. The van der Waals surface area contributed by atoms with E-state index in [4.69, 9.17) is 27.9 Å². The number of anilines is 1. The number of amides is 1. The zero-order valence-corrected chi connectivity index (χ0v) is 24.1. The summed E-state index contributed by atoms with van der Waals surface area (Å²) in [7, 11) is 0. The van der Waals surface area contributed by atoms with Gasteiger partial charge in [-0.15, -0.1) is 0 Å². The van der Waals surface area contributed by atoms with E-state index in [-0.39, 0.29) is 5.56 Å². The van der Waals surface area contributed by atoms with Gasteiger partial charge < -0.3 is 4.74 Å². The van der Waals surface area contributed by atoms with Crippen molar-refractivity contribution in [1.29, 1.82) is 0 Å². The maximum Gasteiger partial charge on any atom is 0.451 e. The first kappa shape index (κ1) is 33.4. The van der Waals surface area contributed by atoms with E-state index in [0.29, 0.717) is 17.1 Å². The van der Waals surface area contributed by atoms with Gasteiger partial charge in [0, 0.05) is 6.42 Å². The molecule has 0 aliphatic carbocycles. The van der Waals surface area contributed by atoms with E-state index in [2.05, 4.69) is 20.7 Å². The summed E-state index contributed by atoms with van der Waals surface area (Å²) >= 11 is 12.3. The van der Waals surface area contributed by atoms with Crippen LogP contribution in [0.2, 0.25) is 10.0 Å². The summed E-state index contributed by atoms with van der Waals surface area (Å²) in [6.45, 7) is 4.25. The number of halogens is 11. The number of carbonyl (C=O) groups excluding carboxylic acids is 1. The Balaban J connectivity index is 2.07. The first-order chi connectivity index (χ1) is 20.0. The number of nitrogens with zero attached hydrogens (tertiary/aromatic N) is 3. The van der Waals surface area contributed by atoms with Crippen molar-refractivity contribution in [3.63, 3.8) is 0 Å². The molecule has 1 amide bonds. The summed E-state index contributed by atoms with van der Waals surface area (Å²) in [5.74, 6) is -3.11. The highest BCUT2D eigenvalue weighted by Crippen LogP contribution is 2.47. The summed E-state index contributed by atoms with van der Waals surface area (Å²) in [6.07, 6.45) is -18.1.